The van der Waals surface area contributed by atoms with E-state index < -0.39 is 6.10 Å². The molecule has 0 spiro atoms. The lowest BCUT2D eigenvalue weighted by Crippen LogP contribution is -2.37. The lowest BCUT2D eigenvalue weighted by atomic mass is 10.2. The highest BCUT2D eigenvalue weighted by molar-refractivity contribution is 9.10. The summed E-state index contributed by atoms with van der Waals surface area (Å²) in [4.78, 5) is 11.8. The molecular weight excluding hydrogens is 308 g/mol. The van der Waals surface area contributed by atoms with Crippen LogP contribution in [0.15, 0.2) is 22.7 Å². The van der Waals surface area contributed by atoms with Gasteiger partial charge in [-0.05, 0) is 41.4 Å². The summed E-state index contributed by atoms with van der Waals surface area (Å²) in [7, 11) is 0. The van der Waals surface area contributed by atoms with Crippen LogP contribution in [0.25, 0.3) is 0 Å². The average Bonchev–Trinajstić information content (AvgIpc) is 2.38. The molecule has 0 aliphatic heterocycles. The first-order chi connectivity index (χ1) is 9.06. The van der Waals surface area contributed by atoms with E-state index >= 15 is 0 Å². The van der Waals surface area contributed by atoms with Crippen LogP contribution in [-0.2, 0) is 4.79 Å². The highest BCUT2D eigenvalue weighted by atomic mass is 79.9. The van der Waals surface area contributed by atoms with Crippen LogP contribution in [0.1, 0.15) is 33.1 Å². The number of ether oxygens (including phenoxy) is 1. The maximum atomic E-state index is 11.8. The minimum atomic E-state index is -0.567. The molecule has 5 heteroatoms. The topological polar surface area (TPSA) is 64.3 Å². The zero-order valence-corrected chi connectivity index (χ0v) is 13.0. The van der Waals surface area contributed by atoms with Crippen LogP contribution in [0.4, 0.5) is 5.69 Å². The van der Waals surface area contributed by atoms with Crippen LogP contribution in [0, 0.1) is 0 Å². The molecule has 1 rings (SSSR count). The first-order valence-electron chi connectivity index (χ1n) is 6.54. The van der Waals surface area contributed by atoms with Crippen molar-refractivity contribution in [2.24, 2.45) is 0 Å². The molecule has 3 N–H and O–H groups in total. The standard InChI is InChI=1S/C14H21BrN2O2/c1-3-4-5-9-17-14(18)10(2)19-13-11(15)7-6-8-12(13)16/h6-8,10H,3-5,9,16H2,1-2H3,(H,17,18). The number of hydrogen-bond acceptors (Lipinski definition) is 3. The first kappa shape index (κ1) is 15.8. The van der Waals surface area contributed by atoms with Crippen LogP contribution in [0.2, 0.25) is 0 Å². The van der Waals surface area contributed by atoms with E-state index in [1.165, 1.54) is 0 Å². The molecule has 0 heterocycles. The summed E-state index contributed by atoms with van der Waals surface area (Å²) in [5, 5.41) is 2.86. The summed E-state index contributed by atoms with van der Waals surface area (Å²) in [5.74, 6) is 0.393. The van der Waals surface area contributed by atoms with E-state index in [0.29, 0.717) is 18.0 Å². The van der Waals surface area contributed by atoms with Gasteiger partial charge in [-0.15, -0.1) is 0 Å². The second-order valence-corrected chi connectivity index (χ2v) is 5.27. The number of anilines is 1. The zero-order valence-electron chi connectivity index (χ0n) is 11.4. The number of hydrogen-bond donors (Lipinski definition) is 2. The summed E-state index contributed by atoms with van der Waals surface area (Å²) >= 11 is 3.36. The fourth-order valence-electron chi connectivity index (χ4n) is 1.61. The SMILES string of the molecule is CCCCCNC(=O)C(C)Oc1c(N)cccc1Br. The Balaban J connectivity index is 2.50. The maximum Gasteiger partial charge on any atom is 0.260 e. The van der Waals surface area contributed by atoms with E-state index in [-0.39, 0.29) is 5.91 Å². The molecule has 1 aromatic rings. The first-order valence-corrected chi connectivity index (χ1v) is 7.34. The largest absolute Gasteiger partial charge is 0.478 e. The summed E-state index contributed by atoms with van der Waals surface area (Å²) < 4.78 is 6.36. The molecular formula is C14H21BrN2O2. The molecule has 1 aromatic carbocycles. The van der Waals surface area contributed by atoms with Crippen LogP contribution in [0.5, 0.6) is 5.75 Å². The van der Waals surface area contributed by atoms with Crippen molar-refractivity contribution in [3.63, 3.8) is 0 Å². The molecule has 0 saturated heterocycles. The lowest BCUT2D eigenvalue weighted by molar-refractivity contribution is -0.127. The Bertz CT molecular complexity index is 404. The number of amides is 1. The fourth-order valence-corrected chi connectivity index (χ4v) is 2.09. The summed E-state index contributed by atoms with van der Waals surface area (Å²) in [6, 6.07) is 5.39. The Hall–Kier alpha value is -1.23. The minimum absolute atomic E-state index is 0.119. The Morgan fingerprint density at radius 2 is 2.21 bits per heavy atom. The van der Waals surface area contributed by atoms with Gasteiger partial charge in [0.15, 0.2) is 11.9 Å². The third-order valence-corrected chi connectivity index (χ3v) is 3.37. The van der Waals surface area contributed by atoms with Crippen molar-refractivity contribution >= 4 is 27.5 Å². The molecule has 4 nitrogen and oxygen atoms in total. The van der Waals surface area contributed by atoms with Gasteiger partial charge in [0, 0.05) is 6.54 Å². The smallest absolute Gasteiger partial charge is 0.260 e. The minimum Gasteiger partial charge on any atom is -0.478 e. The van der Waals surface area contributed by atoms with Gasteiger partial charge in [-0.3, -0.25) is 4.79 Å². The molecule has 106 valence electrons. The second kappa shape index (κ2) is 8.04. The van der Waals surface area contributed by atoms with Gasteiger partial charge in [-0.25, -0.2) is 0 Å². The molecule has 0 fully saturated rings. The normalized spacial score (nSPS) is 11.9. The monoisotopic (exact) mass is 328 g/mol. The average molecular weight is 329 g/mol. The number of nitrogens with one attached hydrogen (secondary N) is 1. The van der Waals surface area contributed by atoms with E-state index in [4.69, 9.17) is 10.5 Å². The van der Waals surface area contributed by atoms with Gasteiger partial charge in [-0.2, -0.15) is 0 Å². The zero-order chi connectivity index (χ0) is 14.3. The number of nitrogens with two attached hydrogens (primary N) is 1. The van der Waals surface area contributed by atoms with Gasteiger partial charge < -0.3 is 15.8 Å². The van der Waals surface area contributed by atoms with E-state index in [1.807, 2.05) is 12.1 Å². The predicted molar refractivity (Wildman–Crippen MR) is 81.2 cm³/mol. The van der Waals surface area contributed by atoms with Gasteiger partial charge in [0.1, 0.15) is 0 Å². The summed E-state index contributed by atoms with van der Waals surface area (Å²) in [5.41, 5.74) is 6.34. The Morgan fingerprint density at radius 3 is 2.84 bits per heavy atom. The number of para-hydroxylation sites is 1. The Morgan fingerprint density at radius 1 is 1.47 bits per heavy atom. The molecule has 19 heavy (non-hydrogen) atoms. The Labute approximate surface area is 122 Å². The fraction of sp³-hybridized carbons (Fsp3) is 0.500. The number of nitrogen functional groups attached to an aromatic ring is 1. The quantitative estimate of drug-likeness (QED) is 0.597. The molecule has 1 atom stereocenters. The molecule has 0 saturated carbocycles. The van der Waals surface area contributed by atoms with E-state index in [2.05, 4.69) is 28.2 Å². The molecule has 0 bridgehead atoms. The van der Waals surface area contributed by atoms with Crippen LogP contribution < -0.4 is 15.8 Å². The number of carbonyl (C=O) groups excluding carboxylic acids is 1. The molecule has 0 aromatic heterocycles. The van der Waals surface area contributed by atoms with Crippen molar-refractivity contribution in [1.82, 2.24) is 5.32 Å². The summed E-state index contributed by atoms with van der Waals surface area (Å²) in [6.45, 7) is 4.53. The molecule has 0 aliphatic rings. The van der Waals surface area contributed by atoms with Gasteiger partial charge in [0.25, 0.3) is 5.91 Å². The van der Waals surface area contributed by atoms with E-state index in [9.17, 15) is 4.79 Å². The van der Waals surface area contributed by atoms with Crippen LogP contribution in [-0.4, -0.2) is 18.6 Å². The maximum absolute atomic E-state index is 11.8. The summed E-state index contributed by atoms with van der Waals surface area (Å²) in [6.07, 6.45) is 2.68. The van der Waals surface area contributed by atoms with E-state index in [1.54, 1.807) is 13.0 Å². The van der Waals surface area contributed by atoms with Gasteiger partial charge in [-0.1, -0.05) is 25.8 Å². The number of unbranched alkanes of at least 4 members (excludes halogenated alkanes) is 2. The third-order valence-electron chi connectivity index (χ3n) is 2.74. The molecule has 0 aliphatic carbocycles. The van der Waals surface area contributed by atoms with Crippen molar-refractivity contribution in [2.45, 2.75) is 39.2 Å². The van der Waals surface area contributed by atoms with Gasteiger partial charge in [0.2, 0.25) is 0 Å². The lowest BCUT2D eigenvalue weighted by Gasteiger charge is -2.17. The number of rotatable bonds is 7. The molecule has 0 radical (unpaired) electrons. The van der Waals surface area contributed by atoms with E-state index in [0.717, 1.165) is 23.7 Å². The Kier molecular flexibility index (Phi) is 6.70. The van der Waals surface area contributed by atoms with Crippen molar-refractivity contribution in [1.29, 1.82) is 0 Å². The number of carbonyl (C=O) groups is 1. The van der Waals surface area contributed by atoms with Gasteiger partial charge in [0.05, 0.1) is 10.2 Å². The third kappa shape index (κ3) is 5.11. The highest BCUT2D eigenvalue weighted by Crippen LogP contribution is 2.31. The number of benzene rings is 1. The number of halogens is 1. The molecule has 1 amide bonds. The van der Waals surface area contributed by atoms with Crippen LogP contribution in [0.3, 0.4) is 0 Å². The predicted octanol–water partition coefficient (Wildman–Crippen LogP) is 3.11. The second-order valence-electron chi connectivity index (χ2n) is 4.42. The molecule has 1 unspecified atom stereocenters. The highest BCUT2D eigenvalue weighted by Gasteiger charge is 2.16. The van der Waals surface area contributed by atoms with Crippen molar-refractivity contribution in [3.05, 3.63) is 22.7 Å². The van der Waals surface area contributed by atoms with Crippen LogP contribution >= 0.6 is 15.9 Å². The van der Waals surface area contributed by atoms with Crippen molar-refractivity contribution < 1.29 is 9.53 Å². The van der Waals surface area contributed by atoms with Crippen molar-refractivity contribution in [3.8, 4) is 5.75 Å². The van der Waals surface area contributed by atoms with Crippen molar-refractivity contribution in [2.75, 3.05) is 12.3 Å². The van der Waals surface area contributed by atoms with Gasteiger partial charge >= 0.3 is 0 Å².